The summed E-state index contributed by atoms with van der Waals surface area (Å²) in [7, 11) is 0. The van der Waals surface area contributed by atoms with E-state index >= 15 is 0 Å². The highest BCUT2D eigenvalue weighted by atomic mass is 19.1. The summed E-state index contributed by atoms with van der Waals surface area (Å²) in [4.78, 5) is 13.0. The summed E-state index contributed by atoms with van der Waals surface area (Å²) in [6, 6.07) is 16.1. The van der Waals surface area contributed by atoms with Crippen LogP contribution < -0.4 is 0 Å². The Hall–Kier alpha value is -2.24. The molecule has 2 aromatic carbocycles. The molecule has 1 saturated heterocycles. The van der Waals surface area contributed by atoms with Crippen LogP contribution in [0.25, 0.3) is 0 Å². The second kappa shape index (κ2) is 12.1. The number of benzene rings is 2. The summed E-state index contributed by atoms with van der Waals surface area (Å²) < 4.78 is 13.5. The zero-order valence-corrected chi connectivity index (χ0v) is 18.9. The molecule has 3 rings (SSSR count). The third-order valence-corrected chi connectivity index (χ3v) is 6.79. The Morgan fingerprint density at radius 1 is 0.875 bits per heavy atom. The summed E-state index contributed by atoms with van der Waals surface area (Å²) in [5, 5.41) is 20.6. The number of piperidine rings is 1. The van der Waals surface area contributed by atoms with Crippen LogP contribution in [-0.2, 0) is 10.4 Å². The standard InChI is InChI=1S/C27H36FNO3/c28-25-15-13-23(14-16-25)27(32,22-10-6-5-7-11-22)24-17-20-29(21-18-24)19-9-4-2-1-3-8-12-26(30)31/h5-7,10-11,13-16,24,32H,1-4,8-9,12,17-21H2,(H,30,31). The molecule has 0 bridgehead atoms. The van der Waals surface area contributed by atoms with Crippen molar-refractivity contribution in [1.82, 2.24) is 4.90 Å². The van der Waals surface area contributed by atoms with E-state index in [1.54, 1.807) is 12.1 Å². The van der Waals surface area contributed by atoms with Gasteiger partial charge in [0.1, 0.15) is 11.4 Å². The van der Waals surface area contributed by atoms with Gasteiger partial charge in [0.15, 0.2) is 0 Å². The zero-order valence-electron chi connectivity index (χ0n) is 18.9. The third kappa shape index (κ3) is 6.63. The minimum Gasteiger partial charge on any atom is -0.481 e. The predicted molar refractivity (Wildman–Crippen MR) is 125 cm³/mol. The van der Waals surface area contributed by atoms with Gasteiger partial charge < -0.3 is 15.1 Å². The number of nitrogens with zero attached hydrogens (tertiary/aromatic N) is 1. The van der Waals surface area contributed by atoms with Crippen LogP contribution in [0, 0.1) is 11.7 Å². The highest BCUT2D eigenvalue weighted by Crippen LogP contribution is 2.42. The number of rotatable bonds is 12. The fourth-order valence-electron chi connectivity index (χ4n) is 4.93. The largest absolute Gasteiger partial charge is 0.481 e. The molecule has 2 aromatic rings. The van der Waals surface area contributed by atoms with E-state index < -0.39 is 11.6 Å². The van der Waals surface area contributed by atoms with Crippen molar-refractivity contribution in [1.29, 1.82) is 0 Å². The van der Waals surface area contributed by atoms with Gasteiger partial charge in [0.05, 0.1) is 0 Å². The first-order valence-corrected chi connectivity index (χ1v) is 12.0. The molecule has 4 nitrogen and oxygen atoms in total. The number of unbranched alkanes of at least 4 members (excludes halogenated alkanes) is 5. The summed E-state index contributed by atoms with van der Waals surface area (Å²) in [5.41, 5.74) is 0.510. The van der Waals surface area contributed by atoms with Crippen LogP contribution in [0.4, 0.5) is 4.39 Å². The van der Waals surface area contributed by atoms with Crippen LogP contribution >= 0.6 is 0 Å². The molecular weight excluding hydrogens is 405 g/mol. The van der Waals surface area contributed by atoms with Gasteiger partial charge in [-0.05, 0) is 74.5 Å². The number of hydrogen-bond acceptors (Lipinski definition) is 3. The molecule has 0 radical (unpaired) electrons. The molecule has 32 heavy (non-hydrogen) atoms. The first-order valence-electron chi connectivity index (χ1n) is 12.0. The fraction of sp³-hybridized carbons (Fsp3) is 0.519. The van der Waals surface area contributed by atoms with Crippen LogP contribution in [0.5, 0.6) is 0 Å². The molecule has 2 N–H and O–H groups in total. The minimum atomic E-state index is -1.11. The van der Waals surface area contributed by atoms with E-state index in [1.807, 2.05) is 30.3 Å². The molecule has 1 aliphatic rings. The van der Waals surface area contributed by atoms with E-state index in [-0.39, 0.29) is 18.2 Å². The van der Waals surface area contributed by atoms with E-state index in [1.165, 1.54) is 18.6 Å². The SMILES string of the molecule is O=C(O)CCCCCCCCN1CCC(C(O)(c2ccccc2)c2ccc(F)cc2)CC1. The Bertz CT molecular complexity index is 819. The average molecular weight is 442 g/mol. The van der Waals surface area contributed by atoms with Gasteiger partial charge in [-0.2, -0.15) is 0 Å². The van der Waals surface area contributed by atoms with Gasteiger partial charge in [0.25, 0.3) is 0 Å². The van der Waals surface area contributed by atoms with E-state index in [0.717, 1.165) is 75.7 Å². The van der Waals surface area contributed by atoms with Crippen molar-refractivity contribution < 1.29 is 19.4 Å². The fourth-order valence-corrected chi connectivity index (χ4v) is 4.93. The molecule has 174 valence electrons. The van der Waals surface area contributed by atoms with E-state index in [2.05, 4.69) is 4.90 Å². The number of carboxylic acid groups (broad SMARTS) is 1. The van der Waals surface area contributed by atoms with Crippen molar-refractivity contribution in [3.05, 3.63) is 71.5 Å². The molecule has 1 atom stereocenters. The van der Waals surface area contributed by atoms with Crippen LogP contribution in [-0.4, -0.2) is 40.7 Å². The topological polar surface area (TPSA) is 60.8 Å². The Morgan fingerprint density at radius 2 is 1.44 bits per heavy atom. The van der Waals surface area contributed by atoms with Crippen molar-refractivity contribution in [3.8, 4) is 0 Å². The van der Waals surface area contributed by atoms with Gasteiger partial charge in [0.2, 0.25) is 0 Å². The highest BCUT2D eigenvalue weighted by molar-refractivity contribution is 5.66. The highest BCUT2D eigenvalue weighted by Gasteiger charge is 2.41. The van der Waals surface area contributed by atoms with Crippen molar-refractivity contribution in [3.63, 3.8) is 0 Å². The maximum absolute atomic E-state index is 13.5. The first-order chi connectivity index (χ1) is 15.5. The number of aliphatic carboxylic acids is 1. The van der Waals surface area contributed by atoms with Crippen molar-refractivity contribution >= 4 is 5.97 Å². The van der Waals surface area contributed by atoms with E-state index in [4.69, 9.17) is 5.11 Å². The van der Waals surface area contributed by atoms with Gasteiger partial charge in [-0.3, -0.25) is 4.79 Å². The van der Waals surface area contributed by atoms with Gasteiger partial charge in [-0.25, -0.2) is 4.39 Å². The lowest BCUT2D eigenvalue weighted by Crippen LogP contribution is -2.44. The first kappa shape index (κ1) is 24.4. The smallest absolute Gasteiger partial charge is 0.303 e. The van der Waals surface area contributed by atoms with Crippen molar-refractivity contribution in [2.45, 2.75) is 63.4 Å². The lowest BCUT2D eigenvalue weighted by molar-refractivity contribution is -0.137. The maximum Gasteiger partial charge on any atom is 0.303 e. The Kier molecular flexibility index (Phi) is 9.24. The molecule has 1 fully saturated rings. The average Bonchev–Trinajstić information content (AvgIpc) is 2.81. The Balaban J connectivity index is 1.49. The number of aliphatic hydroxyl groups is 1. The maximum atomic E-state index is 13.5. The van der Waals surface area contributed by atoms with Crippen LogP contribution in [0.2, 0.25) is 0 Å². The summed E-state index contributed by atoms with van der Waals surface area (Å²) >= 11 is 0. The van der Waals surface area contributed by atoms with Crippen LogP contribution in [0.1, 0.15) is 68.9 Å². The van der Waals surface area contributed by atoms with Gasteiger partial charge in [-0.15, -0.1) is 0 Å². The van der Waals surface area contributed by atoms with Crippen LogP contribution in [0.15, 0.2) is 54.6 Å². The number of carboxylic acids is 1. The quantitative estimate of drug-likeness (QED) is 0.422. The van der Waals surface area contributed by atoms with Gasteiger partial charge >= 0.3 is 5.97 Å². The Morgan fingerprint density at radius 3 is 2.06 bits per heavy atom. The van der Waals surface area contributed by atoms with Crippen molar-refractivity contribution in [2.75, 3.05) is 19.6 Å². The molecule has 1 aliphatic heterocycles. The molecule has 5 heteroatoms. The molecule has 0 aliphatic carbocycles. The van der Waals surface area contributed by atoms with Gasteiger partial charge in [0, 0.05) is 6.42 Å². The number of hydrogen-bond donors (Lipinski definition) is 2. The molecule has 0 spiro atoms. The molecule has 1 heterocycles. The van der Waals surface area contributed by atoms with E-state index in [0.29, 0.717) is 0 Å². The van der Waals surface area contributed by atoms with Crippen molar-refractivity contribution in [2.24, 2.45) is 5.92 Å². The second-order valence-electron chi connectivity index (χ2n) is 9.02. The third-order valence-electron chi connectivity index (χ3n) is 6.79. The summed E-state index contributed by atoms with van der Waals surface area (Å²) in [5.74, 6) is -0.909. The molecular formula is C27H36FNO3. The molecule has 0 amide bonds. The molecule has 1 unspecified atom stereocenters. The second-order valence-corrected chi connectivity index (χ2v) is 9.02. The van der Waals surface area contributed by atoms with Crippen LogP contribution in [0.3, 0.4) is 0 Å². The van der Waals surface area contributed by atoms with Gasteiger partial charge in [-0.1, -0.05) is 68.1 Å². The Labute approximate surface area is 191 Å². The lowest BCUT2D eigenvalue weighted by Gasteiger charge is -2.42. The lowest BCUT2D eigenvalue weighted by atomic mass is 9.72. The number of carbonyl (C=O) groups is 1. The summed E-state index contributed by atoms with van der Waals surface area (Å²) in [6.07, 6.45) is 8.46. The predicted octanol–water partition coefficient (Wildman–Crippen LogP) is 5.59. The number of halogens is 1. The monoisotopic (exact) mass is 441 g/mol. The van der Waals surface area contributed by atoms with E-state index in [9.17, 15) is 14.3 Å². The zero-order chi connectivity index (χ0) is 22.8. The number of likely N-dealkylation sites (tertiary alicyclic amines) is 1. The summed E-state index contributed by atoms with van der Waals surface area (Å²) in [6.45, 7) is 2.99. The molecule has 0 saturated carbocycles. The minimum absolute atomic E-state index is 0.0841. The molecule has 0 aromatic heterocycles. The normalized spacial score (nSPS) is 17.2.